The minimum Gasteiger partial charge on any atom is -0.493 e. The van der Waals surface area contributed by atoms with Crippen LogP contribution in [0.2, 0.25) is 0 Å². The van der Waals surface area contributed by atoms with Gasteiger partial charge in [-0.05, 0) is 49.1 Å². The number of nitrogens with one attached hydrogen (secondary N) is 1. The van der Waals surface area contributed by atoms with Crippen molar-refractivity contribution in [2.24, 2.45) is 0 Å². The van der Waals surface area contributed by atoms with Gasteiger partial charge in [0.25, 0.3) is 0 Å². The Morgan fingerprint density at radius 3 is 2.69 bits per heavy atom. The Morgan fingerprint density at radius 1 is 1.15 bits per heavy atom. The van der Waals surface area contributed by atoms with Gasteiger partial charge in [-0.15, -0.1) is 0 Å². The lowest BCUT2D eigenvalue weighted by molar-refractivity contribution is -0.119. The molecule has 0 spiro atoms. The van der Waals surface area contributed by atoms with Crippen LogP contribution in [0.3, 0.4) is 0 Å². The molecule has 3 rings (SSSR count). The van der Waals surface area contributed by atoms with E-state index in [9.17, 15) is 4.79 Å². The van der Waals surface area contributed by atoms with Gasteiger partial charge in [0.1, 0.15) is 0 Å². The summed E-state index contributed by atoms with van der Waals surface area (Å²) in [7, 11) is 3.24. The molecular weight excluding hydrogens is 328 g/mol. The van der Waals surface area contributed by atoms with Gasteiger partial charge in [-0.2, -0.15) is 0 Å². The molecule has 2 aromatic rings. The number of anilines is 1. The fourth-order valence-corrected chi connectivity index (χ4v) is 3.46. The van der Waals surface area contributed by atoms with Crippen LogP contribution in [0.25, 0.3) is 0 Å². The maximum atomic E-state index is 12.4. The van der Waals surface area contributed by atoms with E-state index >= 15 is 0 Å². The number of methoxy groups -OCH3 is 2. The van der Waals surface area contributed by atoms with Gasteiger partial charge in [-0.25, -0.2) is 0 Å². The van der Waals surface area contributed by atoms with Crippen LogP contribution in [0, 0.1) is 0 Å². The zero-order valence-corrected chi connectivity index (χ0v) is 15.6. The number of nitrogens with zero attached hydrogens (tertiary/aromatic N) is 1. The topological polar surface area (TPSA) is 50.8 Å². The molecule has 1 aliphatic rings. The number of benzene rings is 2. The third-order valence-corrected chi connectivity index (χ3v) is 4.85. The predicted molar refractivity (Wildman–Crippen MR) is 103 cm³/mol. The average Bonchev–Trinajstić information content (AvgIpc) is 2.97. The van der Waals surface area contributed by atoms with Crippen LogP contribution in [0.4, 0.5) is 5.69 Å². The van der Waals surface area contributed by atoms with E-state index in [4.69, 9.17) is 9.47 Å². The molecule has 26 heavy (non-hydrogen) atoms. The monoisotopic (exact) mass is 354 g/mol. The molecular formula is C21H26N2O3. The molecule has 2 aromatic carbocycles. The van der Waals surface area contributed by atoms with Crippen molar-refractivity contribution in [3.05, 3.63) is 53.6 Å². The molecule has 5 nitrogen and oxygen atoms in total. The van der Waals surface area contributed by atoms with E-state index in [1.165, 1.54) is 11.3 Å². The maximum Gasteiger partial charge on any atom is 0.239 e. The van der Waals surface area contributed by atoms with Crippen LogP contribution in [0.15, 0.2) is 42.5 Å². The SMILES string of the molecule is COc1ccc(CCNC(=O)CN2c3ccccc3CC2C)cc1OC. The van der Waals surface area contributed by atoms with Gasteiger partial charge in [0.05, 0.1) is 20.8 Å². The molecule has 0 radical (unpaired) electrons. The second kappa shape index (κ2) is 8.13. The number of carbonyl (C=O) groups is 1. The normalized spacial score (nSPS) is 15.5. The molecule has 0 aliphatic carbocycles. The van der Waals surface area contributed by atoms with Gasteiger partial charge in [0.2, 0.25) is 5.91 Å². The summed E-state index contributed by atoms with van der Waals surface area (Å²) in [5.74, 6) is 1.47. The quantitative estimate of drug-likeness (QED) is 0.831. The van der Waals surface area contributed by atoms with Crippen molar-refractivity contribution in [3.63, 3.8) is 0 Å². The van der Waals surface area contributed by atoms with Crippen molar-refractivity contribution < 1.29 is 14.3 Å². The average molecular weight is 354 g/mol. The maximum absolute atomic E-state index is 12.4. The number of amides is 1. The van der Waals surface area contributed by atoms with E-state index in [-0.39, 0.29) is 5.91 Å². The number of hydrogen-bond donors (Lipinski definition) is 1. The molecule has 1 amide bonds. The third-order valence-electron chi connectivity index (χ3n) is 4.85. The van der Waals surface area contributed by atoms with Crippen molar-refractivity contribution in [1.29, 1.82) is 0 Å². The lowest BCUT2D eigenvalue weighted by atomic mass is 10.1. The van der Waals surface area contributed by atoms with E-state index < -0.39 is 0 Å². The van der Waals surface area contributed by atoms with Crippen LogP contribution < -0.4 is 19.7 Å². The predicted octanol–water partition coefficient (Wildman–Crippen LogP) is 2.81. The summed E-state index contributed by atoms with van der Waals surface area (Å²) in [5, 5.41) is 3.02. The lowest BCUT2D eigenvalue weighted by Gasteiger charge is -2.24. The highest BCUT2D eigenvalue weighted by molar-refractivity contribution is 5.82. The molecule has 1 unspecified atom stereocenters. The molecule has 0 bridgehead atoms. The lowest BCUT2D eigenvalue weighted by Crippen LogP contribution is -2.40. The molecule has 1 N–H and O–H groups in total. The molecule has 1 aliphatic heterocycles. The van der Waals surface area contributed by atoms with Crippen molar-refractivity contribution in [2.45, 2.75) is 25.8 Å². The summed E-state index contributed by atoms with van der Waals surface area (Å²) >= 11 is 0. The minimum atomic E-state index is 0.0500. The summed E-state index contributed by atoms with van der Waals surface area (Å²) in [5.41, 5.74) is 3.59. The Labute approximate surface area is 154 Å². The summed E-state index contributed by atoms with van der Waals surface area (Å²) in [6, 6.07) is 14.5. The highest BCUT2D eigenvalue weighted by Crippen LogP contribution is 2.31. The Morgan fingerprint density at radius 2 is 1.92 bits per heavy atom. The molecule has 0 saturated carbocycles. The summed E-state index contributed by atoms with van der Waals surface area (Å²) < 4.78 is 10.6. The van der Waals surface area contributed by atoms with Crippen molar-refractivity contribution in [2.75, 3.05) is 32.2 Å². The second-order valence-electron chi connectivity index (χ2n) is 6.60. The first-order valence-electron chi connectivity index (χ1n) is 8.94. The van der Waals surface area contributed by atoms with Crippen molar-refractivity contribution >= 4 is 11.6 Å². The van der Waals surface area contributed by atoms with Gasteiger partial charge in [-0.3, -0.25) is 4.79 Å². The summed E-state index contributed by atoms with van der Waals surface area (Å²) in [6.07, 6.45) is 1.74. The first-order valence-corrected chi connectivity index (χ1v) is 8.94. The second-order valence-corrected chi connectivity index (χ2v) is 6.60. The summed E-state index contributed by atoms with van der Waals surface area (Å²) in [6.45, 7) is 3.15. The largest absolute Gasteiger partial charge is 0.493 e. The smallest absolute Gasteiger partial charge is 0.239 e. The van der Waals surface area contributed by atoms with Gasteiger partial charge >= 0.3 is 0 Å². The molecule has 5 heteroatoms. The number of carbonyl (C=O) groups excluding carboxylic acids is 1. The highest BCUT2D eigenvalue weighted by atomic mass is 16.5. The van der Waals surface area contributed by atoms with Gasteiger partial charge in [0, 0.05) is 18.3 Å². The number of rotatable bonds is 7. The number of ether oxygens (including phenoxy) is 2. The Balaban J connectivity index is 1.52. The zero-order chi connectivity index (χ0) is 18.5. The van der Waals surface area contributed by atoms with E-state index in [0.717, 1.165) is 18.4 Å². The van der Waals surface area contributed by atoms with Crippen molar-refractivity contribution in [3.8, 4) is 11.5 Å². The molecule has 1 atom stereocenters. The van der Waals surface area contributed by atoms with Gasteiger partial charge < -0.3 is 19.7 Å². The first kappa shape index (κ1) is 18.1. The highest BCUT2D eigenvalue weighted by Gasteiger charge is 2.26. The van der Waals surface area contributed by atoms with E-state index in [0.29, 0.717) is 30.6 Å². The van der Waals surface area contributed by atoms with Gasteiger partial charge in [0.15, 0.2) is 11.5 Å². The molecule has 138 valence electrons. The standard InChI is InChI=1S/C21H26N2O3/c1-15-12-17-6-4-5-7-18(17)23(15)14-21(24)22-11-10-16-8-9-19(25-2)20(13-16)26-3/h4-9,13,15H,10-12,14H2,1-3H3,(H,22,24). The fraction of sp³-hybridized carbons (Fsp3) is 0.381. The molecule has 0 fully saturated rings. The number of para-hydroxylation sites is 1. The summed E-state index contributed by atoms with van der Waals surface area (Å²) in [4.78, 5) is 14.6. The van der Waals surface area contributed by atoms with Crippen LogP contribution in [0.1, 0.15) is 18.1 Å². The Hall–Kier alpha value is -2.69. The number of hydrogen-bond acceptors (Lipinski definition) is 4. The van der Waals surface area contributed by atoms with E-state index in [2.05, 4.69) is 35.3 Å². The minimum absolute atomic E-state index is 0.0500. The molecule has 0 aromatic heterocycles. The van der Waals surface area contributed by atoms with Gasteiger partial charge in [-0.1, -0.05) is 24.3 Å². The van der Waals surface area contributed by atoms with E-state index in [1.807, 2.05) is 24.3 Å². The third kappa shape index (κ3) is 3.93. The zero-order valence-electron chi connectivity index (χ0n) is 15.6. The van der Waals surface area contributed by atoms with Crippen LogP contribution in [0.5, 0.6) is 11.5 Å². The van der Waals surface area contributed by atoms with Crippen LogP contribution in [-0.2, 0) is 17.6 Å². The van der Waals surface area contributed by atoms with Crippen LogP contribution >= 0.6 is 0 Å². The molecule has 0 saturated heterocycles. The Kier molecular flexibility index (Phi) is 5.66. The fourth-order valence-electron chi connectivity index (χ4n) is 3.46. The van der Waals surface area contributed by atoms with Crippen LogP contribution in [-0.4, -0.2) is 39.3 Å². The molecule has 1 heterocycles. The van der Waals surface area contributed by atoms with Crippen molar-refractivity contribution in [1.82, 2.24) is 5.32 Å². The Bertz CT molecular complexity index is 776. The van der Waals surface area contributed by atoms with E-state index in [1.54, 1.807) is 14.2 Å². The number of fused-ring (bicyclic) bond motifs is 1. The first-order chi connectivity index (χ1) is 12.6.